The smallest absolute Gasteiger partial charge is 0.273 e. The van der Waals surface area contributed by atoms with Crippen LogP contribution in [0.2, 0.25) is 0 Å². The summed E-state index contributed by atoms with van der Waals surface area (Å²) in [5.41, 5.74) is 1.76. The van der Waals surface area contributed by atoms with E-state index in [4.69, 9.17) is 14.2 Å². The molecule has 1 aliphatic rings. The molecule has 1 amide bonds. The van der Waals surface area contributed by atoms with Crippen LogP contribution in [0.1, 0.15) is 55.7 Å². The van der Waals surface area contributed by atoms with Gasteiger partial charge in [0.15, 0.2) is 17.2 Å². The Bertz CT molecular complexity index is 1070. The van der Waals surface area contributed by atoms with Gasteiger partial charge in [0.1, 0.15) is 12.0 Å². The van der Waals surface area contributed by atoms with Crippen molar-refractivity contribution in [1.82, 2.24) is 20.3 Å². The molecule has 188 valence electrons. The Morgan fingerprint density at radius 3 is 2.66 bits per heavy atom. The zero-order valence-electron chi connectivity index (χ0n) is 20.8. The van der Waals surface area contributed by atoms with Crippen LogP contribution in [-0.4, -0.2) is 54.1 Å². The fourth-order valence-electron chi connectivity index (χ4n) is 3.64. The van der Waals surface area contributed by atoms with E-state index in [1.807, 2.05) is 32.1 Å². The number of carbonyl (C=O) groups excluding carboxylic acids is 2. The quantitative estimate of drug-likeness (QED) is 0.263. The van der Waals surface area contributed by atoms with Gasteiger partial charge in [0.2, 0.25) is 0 Å². The highest BCUT2D eigenvalue weighted by Gasteiger charge is 2.25. The molecule has 1 N–H and O–H groups in total. The van der Waals surface area contributed by atoms with E-state index in [2.05, 4.69) is 15.6 Å². The molecular weight excluding hydrogens is 448 g/mol. The zero-order chi connectivity index (χ0) is 25.2. The molecule has 1 heterocycles. The van der Waals surface area contributed by atoms with Crippen LogP contribution in [0.5, 0.6) is 17.2 Å². The summed E-state index contributed by atoms with van der Waals surface area (Å²) in [6.45, 7) is 4.11. The van der Waals surface area contributed by atoms with E-state index in [0.717, 1.165) is 31.2 Å². The number of nitrogens with one attached hydrogen (secondary N) is 1. The first-order valence-electron chi connectivity index (χ1n) is 11.9. The normalized spacial score (nSPS) is 14.9. The molecule has 1 aromatic carbocycles. The summed E-state index contributed by atoms with van der Waals surface area (Å²) >= 11 is 0. The number of hydrogen-bond acceptors (Lipinski definition) is 7. The van der Waals surface area contributed by atoms with E-state index in [0.29, 0.717) is 48.1 Å². The highest BCUT2D eigenvalue weighted by Crippen LogP contribution is 2.31. The molecular formula is C26H34N4O5. The summed E-state index contributed by atoms with van der Waals surface area (Å²) in [5.74, 6) is 1.45. The van der Waals surface area contributed by atoms with Crippen molar-refractivity contribution in [3.8, 4) is 17.2 Å². The highest BCUT2D eigenvalue weighted by atomic mass is 16.5. The maximum absolute atomic E-state index is 12.9. The summed E-state index contributed by atoms with van der Waals surface area (Å²) < 4.78 is 18.2. The summed E-state index contributed by atoms with van der Waals surface area (Å²) in [6, 6.07) is 5.59. The zero-order valence-corrected chi connectivity index (χ0v) is 20.8. The largest absolute Gasteiger partial charge is 0.493 e. The monoisotopic (exact) mass is 482 g/mol. The number of nitrogens with zero attached hydrogens (tertiary/aromatic N) is 3. The minimum atomic E-state index is -0.229. The number of amides is 1. The Kier molecular flexibility index (Phi) is 9.46. The van der Waals surface area contributed by atoms with Gasteiger partial charge >= 0.3 is 0 Å². The minimum absolute atomic E-state index is 0.198. The fraction of sp³-hybridized carbons (Fsp3) is 0.462. The van der Waals surface area contributed by atoms with Crippen LogP contribution in [-0.2, 0) is 11.2 Å². The van der Waals surface area contributed by atoms with E-state index in [-0.39, 0.29) is 17.9 Å². The lowest BCUT2D eigenvalue weighted by Crippen LogP contribution is -2.40. The molecule has 1 saturated carbocycles. The third-order valence-corrected chi connectivity index (χ3v) is 5.93. The van der Waals surface area contributed by atoms with Gasteiger partial charge in [-0.3, -0.25) is 4.79 Å². The number of hydrogen-bond donors (Lipinski definition) is 1. The van der Waals surface area contributed by atoms with Crippen LogP contribution in [0.15, 0.2) is 36.4 Å². The maximum Gasteiger partial charge on any atom is 0.273 e. The van der Waals surface area contributed by atoms with E-state index >= 15 is 0 Å². The van der Waals surface area contributed by atoms with Crippen molar-refractivity contribution in [2.24, 2.45) is 5.92 Å². The lowest BCUT2D eigenvalue weighted by molar-refractivity contribution is -0.109. The molecule has 0 radical (unpaired) electrons. The van der Waals surface area contributed by atoms with Crippen molar-refractivity contribution >= 4 is 17.9 Å². The van der Waals surface area contributed by atoms with Crippen LogP contribution in [0.3, 0.4) is 0 Å². The average Bonchev–Trinajstić information content (AvgIpc) is 3.27. The second-order valence-electron chi connectivity index (χ2n) is 8.43. The van der Waals surface area contributed by atoms with Gasteiger partial charge in [0.25, 0.3) is 5.91 Å². The summed E-state index contributed by atoms with van der Waals surface area (Å²) in [6.07, 6.45) is 10.6. The van der Waals surface area contributed by atoms with Crippen LogP contribution < -0.4 is 19.5 Å². The van der Waals surface area contributed by atoms with Gasteiger partial charge in [-0.05, 0) is 57.2 Å². The number of aromatic nitrogens is 3. The highest BCUT2D eigenvalue weighted by molar-refractivity contribution is 5.93. The number of allylic oxidation sites excluding steroid dienone is 4. The molecule has 1 atom stereocenters. The Hall–Kier alpha value is -3.62. The van der Waals surface area contributed by atoms with Crippen LogP contribution >= 0.6 is 0 Å². The van der Waals surface area contributed by atoms with Gasteiger partial charge < -0.3 is 24.3 Å². The number of aldehydes is 1. The van der Waals surface area contributed by atoms with Crippen LogP contribution in [0.4, 0.5) is 0 Å². The summed E-state index contributed by atoms with van der Waals surface area (Å²) in [7, 11) is 3.16. The molecule has 9 nitrogen and oxygen atoms in total. The molecule has 0 bridgehead atoms. The van der Waals surface area contributed by atoms with E-state index in [9.17, 15) is 9.59 Å². The van der Waals surface area contributed by atoms with Crippen molar-refractivity contribution in [3.63, 3.8) is 0 Å². The average molecular weight is 483 g/mol. The number of ether oxygens (including phenoxy) is 3. The molecule has 1 unspecified atom stereocenters. The molecule has 3 rings (SSSR count). The van der Waals surface area contributed by atoms with Gasteiger partial charge in [-0.15, -0.1) is 5.10 Å². The lowest BCUT2D eigenvalue weighted by atomic mass is 9.93. The number of carbonyl (C=O) groups is 2. The molecule has 1 aliphatic carbocycles. The Balaban J connectivity index is 1.74. The fourth-order valence-corrected chi connectivity index (χ4v) is 3.64. The molecule has 1 fully saturated rings. The second-order valence-corrected chi connectivity index (χ2v) is 8.43. The van der Waals surface area contributed by atoms with E-state index in [1.165, 1.54) is 0 Å². The van der Waals surface area contributed by atoms with Crippen molar-refractivity contribution < 1.29 is 23.8 Å². The number of methoxy groups -OCH3 is 2. The van der Waals surface area contributed by atoms with Gasteiger partial charge in [0, 0.05) is 18.0 Å². The van der Waals surface area contributed by atoms with Crippen molar-refractivity contribution in [1.29, 1.82) is 0 Å². The molecule has 35 heavy (non-hydrogen) atoms. The molecule has 0 saturated heterocycles. The summed E-state index contributed by atoms with van der Waals surface area (Å²) in [4.78, 5) is 23.9. The molecule has 0 spiro atoms. The van der Waals surface area contributed by atoms with Gasteiger partial charge in [-0.1, -0.05) is 24.3 Å². The number of rotatable bonds is 13. The first-order chi connectivity index (χ1) is 17.0. The maximum atomic E-state index is 12.9. The van der Waals surface area contributed by atoms with Crippen molar-refractivity contribution in [2.45, 2.75) is 52.0 Å². The van der Waals surface area contributed by atoms with Crippen molar-refractivity contribution in [2.75, 3.05) is 20.8 Å². The standard InChI is InChI=1S/C26H34N4O5/c1-5-20(12-11-18(2)17-31)30-22(25(28-29-30)26(32)27-19-8-6-9-19)10-7-15-35-21-13-14-23(33-3)24(16-21)34-4/h5,11-14,16-19H,6-10,15H2,1-4H3,(H,27,32)/b12-11-,20-5+. The predicted molar refractivity (Wildman–Crippen MR) is 133 cm³/mol. The Labute approximate surface area is 206 Å². The van der Waals surface area contributed by atoms with E-state index < -0.39 is 0 Å². The summed E-state index contributed by atoms with van der Waals surface area (Å²) in [5, 5.41) is 11.5. The van der Waals surface area contributed by atoms with Crippen LogP contribution in [0.25, 0.3) is 5.70 Å². The molecule has 2 aromatic rings. The van der Waals surface area contributed by atoms with E-state index in [1.54, 1.807) is 37.1 Å². The van der Waals surface area contributed by atoms with Gasteiger partial charge in [0.05, 0.1) is 32.2 Å². The number of benzene rings is 1. The second kappa shape index (κ2) is 12.7. The van der Waals surface area contributed by atoms with Crippen molar-refractivity contribution in [3.05, 3.63) is 47.8 Å². The third-order valence-electron chi connectivity index (χ3n) is 5.93. The predicted octanol–water partition coefficient (Wildman–Crippen LogP) is 3.84. The first-order valence-corrected chi connectivity index (χ1v) is 11.9. The topological polar surface area (TPSA) is 105 Å². The first kappa shape index (κ1) is 26.0. The van der Waals surface area contributed by atoms with Gasteiger partial charge in [-0.2, -0.15) is 0 Å². The molecule has 1 aromatic heterocycles. The lowest BCUT2D eigenvalue weighted by Gasteiger charge is -2.26. The third kappa shape index (κ3) is 6.71. The Morgan fingerprint density at radius 1 is 1.26 bits per heavy atom. The molecule has 9 heteroatoms. The minimum Gasteiger partial charge on any atom is -0.493 e. The molecule has 0 aliphatic heterocycles. The van der Waals surface area contributed by atoms with Crippen LogP contribution in [0, 0.1) is 5.92 Å². The van der Waals surface area contributed by atoms with Gasteiger partial charge in [-0.25, -0.2) is 4.68 Å². The SMILES string of the molecule is C/C=C(\C=C/C(C)C=O)n1nnc(C(=O)NC2CCC2)c1CCCOc1ccc(OC)c(OC)c1. The Morgan fingerprint density at radius 2 is 2.03 bits per heavy atom.